The first kappa shape index (κ1) is 13.8. The maximum Gasteiger partial charge on any atom is 0.251 e. The molecule has 8 heteroatoms. The molecule has 1 aromatic rings. The Morgan fingerprint density at radius 3 is 3.15 bits per heavy atom. The molecule has 0 bridgehead atoms. The van der Waals surface area contributed by atoms with E-state index in [1.54, 1.807) is 16.7 Å². The quantitative estimate of drug-likeness (QED) is 0.802. The summed E-state index contributed by atoms with van der Waals surface area (Å²) >= 11 is 7.01. The summed E-state index contributed by atoms with van der Waals surface area (Å²) in [5, 5.41) is 12.0. The average Bonchev–Trinajstić information content (AvgIpc) is 3.09. The van der Waals surface area contributed by atoms with Gasteiger partial charge in [0.15, 0.2) is 10.9 Å². The SMILES string of the molecule is CSCCC1NC(=S)N(Cc2nnc3n2CCC3)C1=O. The number of hydrogen-bond acceptors (Lipinski definition) is 5. The number of hydrogen-bond donors (Lipinski definition) is 1. The van der Waals surface area contributed by atoms with Crippen LogP contribution in [-0.4, -0.2) is 48.7 Å². The minimum absolute atomic E-state index is 0.0550. The van der Waals surface area contributed by atoms with Gasteiger partial charge in [-0.3, -0.25) is 9.69 Å². The highest BCUT2D eigenvalue weighted by molar-refractivity contribution is 7.98. The molecule has 1 amide bonds. The third kappa shape index (κ3) is 2.42. The zero-order chi connectivity index (χ0) is 14.1. The van der Waals surface area contributed by atoms with E-state index in [0.717, 1.165) is 43.2 Å². The highest BCUT2D eigenvalue weighted by atomic mass is 32.2. The Morgan fingerprint density at radius 1 is 1.50 bits per heavy atom. The van der Waals surface area contributed by atoms with Gasteiger partial charge in [0, 0.05) is 13.0 Å². The molecule has 6 nitrogen and oxygen atoms in total. The lowest BCUT2D eigenvalue weighted by Crippen LogP contribution is -2.32. The van der Waals surface area contributed by atoms with Gasteiger partial charge in [-0.1, -0.05) is 0 Å². The molecule has 3 rings (SSSR count). The highest BCUT2D eigenvalue weighted by Crippen LogP contribution is 2.18. The fourth-order valence-electron chi connectivity index (χ4n) is 2.63. The van der Waals surface area contributed by atoms with Crippen LogP contribution in [0.3, 0.4) is 0 Å². The van der Waals surface area contributed by atoms with Crippen LogP contribution in [0.5, 0.6) is 0 Å². The number of thiocarbonyl (C=S) groups is 1. The Bertz CT molecular complexity index is 544. The molecule has 0 spiro atoms. The second kappa shape index (κ2) is 5.69. The van der Waals surface area contributed by atoms with Gasteiger partial charge in [0.05, 0.1) is 6.54 Å². The van der Waals surface area contributed by atoms with Gasteiger partial charge in [0.25, 0.3) is 5.91 Å². The smallest absolute Gasteiger partial charge is 0.251 e. The van der Waals surface area contributed by atoms with E-state index in [1.165, 1.54) is 0 Å². The zero-order valence-corrected chi connectivity index (χ0v) is 13.0. The Balaban J connectivity index is 1.70. The van der Waals surface area contributed by atoms with Crippen LogP contribution in [0.4, 0.5) is 0 Å². The number of carbonyl (C=O) groups excluding carboxylic acids is 1. The van der Waals surface area contributed by atoms with Gasteiger partial charge in [-0.15, -0.1) is 10.2 Å². The van der Waals surface area contributed by atoms with Gasteiger partial charge in [0.1, 0.15) is 11.9 Å². The Labute approximate surface area is 127 Å². The summed E-state index contributed by atoms with van der Waals surface area (Å²) in [6.07, 6.45) is 4.91. The third-order valence-electron chi connectivity index (χ3n) is 3.70. The van der Waals surface area contributed by atoms with Gasteiger partial charge in [-0.2, -0.15) is 11.8 Å². The summed E-state index contributed by atoms with van der Waals surface area (Å²) in [4.78, 5) is 14.0. The number of nitrogens with one attached hydrogen (secondary N) is 1. The fraction of sp³-hybridized carbons (Fsp3) is 0.667. The number of aryl methyl sites for hydroxylation is 1. The van der Waals surface area contributed by atoms with E-state index in [0.29, 0.717) is 11.7 Å². The second-order valence-electron chi connectivity index (χ2n) is 5.00. The first-order valence-electron chi connectivity index (χ1n) is 6.72. The number of aromatic nitrogens is 3. The first-order valence-corrected chi connectivity index (χ1v) is 8.52. The van der Waals surface area contributed by atoms with Crippen molar-refractivity contribution in [3.8, 4) is 0 Å². The van der Waals surface area contributed by atoms with Crippen molar-refractivity contribution in [2.45, 2.75) is 38.4 Å². The van der Waals surface area contributed by atoms with Crippen LogP contribution in [-0.2, 0) is 24.3 Å². The largest absolute Gasteiger partial charge is 0.350 e. The van der Waals surface area contributed by atoms with Crippen molar-refractivity contribution in [3.05, 3.63) is 11.6 Å². The van der Waals surface area contributed by atoms with Crippen LogP contribution in [0.1, 0.15) is 24.5 Å². The van der Waals surface area contributed by atoms with Gasteiger partial charge in [-0.05, 0) is 37.1 Å². The van der Waals surface area contributed by atoms with Crippen molar-refractivity contribution in [2.24, 2.45) is 0 Å². The molecule has 20 heavy (non-hydrogen) atoms. The number of amides is 1. The lowest BCUT2D eigenvalue weighted by atomic mass is 10.2. The minimum Gasteiger partial charge on any atom is -0.350 e. The van der Waals surface area contributed by atoms with Crippen LogP contribution in [0.25, 0.3) is 0 Å². The van der Waals surface area contributed by atoms with E-state index < -0.39 is 0 Å². The van der Waals surface area contributed by atoms with Crippen molar-refractivity contribution in [2.75, 3.05) is 12.0 Å². The van der Waals surface area contributed by atoms with Crippen molar-refractivity contribution >= 4 is 35.0 Å². The third-order valence-corrected chi connectivity index (χ3v) is 4.69. The molecular weight excluding hydrogens is 294 g/mol. The molecule has 0 aliphatic carbocycles. The van der Waals surface area contributed by atoms with E-state index in [2.05, 4.69) is 20.1 Å². The monoisotopic (exact) mass is 311 g/mol. The molecule has 1 saturated heterocycles. The predicted octanol–water partition coefficient (Wildman–Crippen LogP) is 0.563. The molecule has 2 aliphatic heterocycles. The maximum absolute atomic E-state index is 12.4. The van der Waals surface area contributed by atoms with Gasteiger partial charge in [0.2, 0.25) is 0 Å². The molecule has 3 heterocycles. The Kier molecular flexibility index (Phi) is 3.93. The van der Waals surface area contributed by atoms with E-state index in [9.17, 15) is 4.79 Å². The summed E-state index contributed by atoms with van der Waals surface area (Å²) < 4.78 is 2.10. The molecular formula is C12H17N5OS2. The summed E-state index contributed by atoms with van der Waals surface area (Å²) in [7, 11) is 0. The highest BCUT2D eigenvalue weighted by Gasteiger charge is 2.36. The van der Waals surface area contributed by atoms with Gasteiger partial charge >= 0.3 is 0 Å². The molecule has 1 atom stereocenters. The number of fused-ring (bicyclic) bond motifs is 1. The molecule has 1 N–H and O–H groups in total. The van der Waals surface area contributed by atoms with Crippen LogP contribution in [0.2, 0.25) is 0 Å². The number of thioether (sulfide) groups is 1. The maximum atomic E-state index is 12.4. The standard InChI is InChI=1S/C12H17N5OS2/c1-20-6-4-8-11(18)17(12(19)13-8)7-10-15-14-9-3-2-5-16(9)10/h8H,2-7H2,1H3,(H,13,19). The van der Waals surface area contributed by atoms with E-state index in [-0.39, 0.29) is 11.9 Å². The summed E-state index contributed by atoms with van der Waals surface area (Å²) in [6, 6.07) is -0.184. The average molecular weight is 311 g/mol. The summed E-state index contributed by atoms with van der Waals surface area (Å²) in [6.45, 7) is 1.36. The molecule has 0 aromatic carbocycles. The van der Waals surface area contributed by atoms with E-state index in [4.69, 9.17) is 12.2 Å². The molecule has 1 aromatic heterocycles. The van der Waals surface area contributed by atoms with Gasteiger partial charge < -0.3 is 9.88 Å². The lowest BCUT2D eigenvalue weighted by molar-refractivity contribution is -0.127. The fourth-order valence-corrected chi connectivity index (χ4v) is 3.40. The Morgan fingerprint density at radius 2 is 2.35 bits per heavy atom. The normalized spacial score (nSPS) is 21.4. The van der Waals surface area contributed by atoms with Crippen LogP contribution in [0.15, 0.2) is 0 Å². The van der Waals surface area contributed by atoms with Gasteiger partial charge in [-0.25, -0.2) is 0 Å². The van der Waals surface area contributed by atoms with Crippen molar-refractivity contribution < 1.29 is 4.79 Å². The topological polar surface area (TPSA) is 63.0 Å². The van der Waals surface area contributed by atoms with Crippen molar-refractivity contribution in [1.29, 1.82) is 0 Å². The second-order valence-corrected chi connectivity index (χ2v) is 6.37. The van der Waals surface area contributed by atoms with E-state index >= 15 is 0 Å². The number of nitrogens with zero attached hydrogens (tertiary/aromatic N) is 4. The van der Waals surface area contributed by atoms with E-state index in [1.807, 2.05) is 6.26 Å². The van der Waals surface area contributed by atoms with Crippen molar-refractivity contribution in [3.63, 3.8) is 0 Å². The zero-order valence-electron chi connectivity index (χ0n) is 11.3. The predicted molar refractivity (Wildman–Crippen MR) is 81.4 cm³/mol. The van der Waals surface area contributed by atoms with Crippen LogP contribution >= 0.6 is 24.0 Å². The molecule has 2 aliphatic rings. The van der Waals surface area contributed by atoms with Crippen molar-refractivity contribution in [1.82, 2.24) is 25.0 Å². The molecule has 0 saturated carbocycles. The van der Waals surface area contributed by atoms with Crippen LogP contribution in [0, 0.1) is 0 Å². The summed E-state index contributed by atoms with van der Waals surface area (Å²) in [5.41, 5.74) is 0. The molecule has 1 fully saturated rings. The molecule has 108 valence electrons. The Hall–Kier alpha value is -1.15. The lowest BCUT2D eigenvalue weighted by Gasteiger charge is -2.14. The van der Waals surface area contributed by atoms with Crippen LogP contribution < -0.4 is 5.32 Å². The minimum atomic E-state index is -0.184. The first-order chi connectivity index (χ1) is 9.70. The number of carbonyl (C=O) groups is 1. The summed E-state index contributed by atoms with van der Waals surface area (Å²) in [5.74, 6) is 2.85. The number of rotatable bonds is 5. The molecule has 1 unspecified atom stereocenters. The molecule has 0 radical (unpaired) electrons.